The summed E-state index contributed by atoms with van der Waals surface area (Å²) < 4.78 is 8.99. The smallest absolute Gasteiger partial charge is 0.396 e. The van der Waals surface area contributed by atoms with Gasteiger partial charge in [0.1, 0.15) is 0 Å². The third-order valence-corrected chi connectivity index (χ3v) is 2.23. The Morgan fingerprint density at radius 3 is 2.53 bits per heavy atom. The van der Waals surface area contributed by atoms with Crippen molar-refractivity contribution in [1.82, 2.24) is 5.32 Å². The molecule has 1 aliphatic rings. The van der Waals surface area contributed by atoms with E-state index in [1.54, 1.807) is 14.2 Å². The van der Waals surface area contributed by atoms with Crippen LogP contribution in [-0.2, 0) is 15.4 Å². The Morgan fingerprint density at radius 1 is 1.20 bits per heavy atom. The molecule has 15 heavy (non-hydrogen) atoms. The molecule has 2 radical (unpaired) electrons. The zero-order valence-electron chi connectivity index (χ0n) is 8.99. The largest absolute Gasteiger partial charge is 0.432 e. The van der Waals surface area contributed by atoms with Gasteiger partial charge in [-0.15, -0.1) is 0 Å². The highest BCUT2D eigenvalue weighted by Crippen LogP contribution is 2.12. The molecule has 0 amide bonds. The third-order valence-electron chi connectivity index (χ3n) is 1.90. The van der Waals surface area contributed by atoms with Crippen molar-refractivity contribution in [2.75, 3.05) is 14.2 Å². The van der Waals surface area contributed by atoms with Gasteiger partial charge in [0.2, 0.25) is 0 Å². The molecular weight excluding hydrogens is 206 g/mol. The van der Waals surface area contributed by atoms with Crippen molar-refractivity contribution < 1.29 is 8.85 Å². The highest BCUT2D eigenvalue weighted by atomic mass is 28.3. The molecule has 0 aromatic heterocycles. The summed E-state index contributed by atoms with van der Waals surface area (Å²) >= 11 is 0. The van der Waals surface area contributed by atoms with Crippen LogP contribution in [0.4, 0.5) is 0 Å². The summed E-state index contributed by atoms with van der Waals surface area (Å²) in [6.07, 6.45) is 4.08. The maximum Gasteiger partial charge on any atom is 0.432 e. The summed E-state index contributed by atoms with van der Waals surface area (Å²) in [5.74, 6) is 0. The van der Waals surface area contributed by atoms with Crippen molar-refractivity contribution in [1.29, 1.82) is 0 Å². The van der Waals surface area contributed by atoms with Gasteiger partial charge < -0.3 is 14.2 Å². The summed E-state index contributed by atoms with van der Waals surface area (Å²) in [6, 6.07) is 8.41. The summed E-state index contributed by atoms with van der Waals surface area (Å²) in [6.45, 7) is 0.965. The van der Waals surface area contributed by atoms with Gasteiger partial charge in [0.25, 0.3) is 0 Å². The van der Waals surface area contributed by atoms with E-state index in [1.807, 2.05) is 6.20 Å². The van der Waals surface area contributed by atoms with E-state index in [0.29, 0.717) is 0 Å². The van der Waals surface area contributed by atoms with Crippen LogP contribution in [0.5, 0.6) is 0 Å². The van der Waals surface area contributed by atoms with Gasteiger partial charge in [0.05, 0.1) is 0 Å². The Morgan fingerprint density at radius 2 is 1.93 bits per heavy atom. The van der Waals surface area contributed by atoms with Gasteiger partial charge >= 0.3 is 10.0 Å². The van der Waals surface area contributed by atoms with E-state index in [0.717, 1.165) is 6.54 Å². The van der Waals surface area contributed by atoms with Gasteiger partial charge in [-0.2, -0.15) is 0 Å². The van der Waals surface area contributed by atoms with E-state index < -0.39 is 0 Å². The van der Waals surface area contributed by atoms with Crippen LogP contribution in [0.2, 0.25) is 0 Å². The Hall–Kier alpha value is -1.10. The van der Waals surface area contributed by atoms with E-state index in [2.05, 4.69) is 44.5 Å². The summed E-state index contributed by atoms with van der Waals surface area (Å²) in [4.78, 5) is 0. The maximum atomic E-state index is 4.50. The van der Waals surface area contributed by atoms with Crippen LogP contribution in [0.25, 0.3) is 6.08 Å². The lowest BCUT2D eigenvalue weighted by Crippen LogP contribution is -2.09. The second-order valence-electron chi connectivity index (χ2n) is 2.90. The molecule has 0 unspecified atom stereocenters. The van der Waals surface area contributed by atoms with E-state index >= 15 is 0 Å². The zero-order valence-corrected chi connectivity index (χ0v) is 9.99. The Kier molecular flexibility index (Phi) is 5.76. The number of nitrogens with one attached hydrogen (secondary N) is 1. The molecular formula is C11H15NO2Si. The van der Waals surface area contributed by atoms with E-state index in [4.69, 9.17) is 0 Å². The molecule has 3 nitrogen and oxygen atoms in total. The van der Waals surface area contributed by atoms with Gasteiger partial charge in [0.15, 0.2) is 0 Å². The van der Waals surface area contributed by atoms with E-state index in [1.165, 1.54) is 11.1 Å². The minimum Gasteiger partial charge on any atom is -0.396 e. The molecule has 1 aromatic carbocycles. The summed E-state index contributed by atoms with van der Waals surface area (Å²) in [7, 11) is 3.40. The molecule has 0 atom stereocenters. The molecule has 1 heterocycles. The monoisotopic (exact) mass is 221 g/mol. The fraction of sp³-hybridized carbons (Fsp3) is 0.273. The molecule has 1 aromatic rings. The van der Waals surface area contributed by atoms with Crippen LogP contribution in [0, 0.1) is 0 Å². The number of benzene rings is 1. The van der Waals surface area contributed by atoms with Crippen LogP contribution in [0.1, 0.15) is 11.1 Å². The zero-order chi connectivity index (χ0) is 10.9. The number of hydrogen-bond donors (Lipinski definition) is 1. The molecule has 0 aliphatic carbocycles. The van der Waals surface area contributed by atoms with Crippen molar-refractivity contribution in [3.63, 3.8) is 0 Å². The lowest BCUT2D eigenvalue weighted by molar-refractivity contribution is 0.309. The SMILES string of the molecule is C1=Cc2ccccc2CN1.CO[Si]OC. The summed E-state index contributed by atoms with van der Waals surface area (Å²) in [5.41, 5.74) is 2.71. The lowest BCUT2D eigenvalue weighted by atomic mass is 10.1. The van der Waals surface area contributed by atoms with Crippen molar-refractivity contribution >= 4 is 16.1 Å². The van der Waals surface area contributed by atoms with Gasteiger partial charge in [0, 0.05) is 20.8 Å². The molecule has 0 bridgehead atoms. The molecule has 1 aliphatic heterocycles. The second kappa shape index (κ2) is 7.22. The Bertz CT molecular complexity index is 313. The first-order valence-electron chi connectivity index (χ1n) is 4.67. The van der Waals surface area contributed by atoms with Crippen molar-refractivity contribution in [3.05, 3.63) is 41.6 Å². The van der Waals surface area contributed by atoms with Crippen LogP contribution in [0.15, 0.2) is 30.5 Å². The van der Waals surface area contributed by atoms with Gasteiger partial charge in [-0.3, -0.25) is 0 Å². The van der Waals surface area contributed by atoms with Gasteiger partial charge in [-0.25, -0.2) is 0 Å². The normalized spacial score (nSPS) is 12.1. The predicted molar refractivity (Wildman–Crippen MR) is 62.1 cm³/mol. The van der Waals surface area contributed by atoms with E-state index in [-0.39, 0.29) is 10.0 Å². The number of hydrogen-bond acceptors (Lipinski definition) is 3. The molecule has 0 saturated carbocycles. The van der Waals surface area contributed by atoms with Gasteiger partial charge in [-0.1, -0.05) is 24.3 Å². The molecule has 2 rings (SSSR count). The minimum absolute atomic E-state index is 0.198. The van der Waals surface area contributed by atoms with Crippen molar-refractivity contribution in [3.8, 4) is 0 Å². The highest BCUT2D eigenvalue weighted by Gasteiger charge is 1.99. The molecule has 0 saturated heterocycles. The van der Waals surface area contributed by atoms with E-state index in [9.17, 15) is 0 Å². The molecule has 4 heteroatoms. The predicted octanol–water partition coefficient (Wildman–Crippen LogP) is 1.57. The number of rotatable bonds is 2. The Balaban J connectivity index is 0.000000195. The second-order valence-corrected chi connectivity index (χ2v) is 3.89. The molecule has 80 valence electrons. The molecule has 0 spiro atoms. The first kappa shape index (κ1) is 12.0. The maximum absolute atomic E-state index is 4.50. The van der Waals surface area contributed by atoms with Crippen LogP contribution in [0.3, 0.4) is 0 Å². The van der Waals surface area contributed by atoms with Gasteiger partial charge in [-0.05, 0) is 23.4 Å². The standard InChI is InChI=1S/C9H9N.C2H6O2Si/c1-2-4-9-7-10-6-5-8(9)3-1;1-3-5-4-2/h1-6,10H,7H2;1-2H3. The number of fused-ring (bicyclic) bond motifs is 1. The third kappa shape index (κ3) is 4.29. The minimum atomic E-state index is 0.198. The fourth-order valence-electron chi connectivity index (χ4n) is 1.26. The molecule has 1 N–H and O–H groups in total. The first-order chi connectivity index (χ1) is 7.38. The van der Waals surface area contributed by atoms with Crippen molar-refractivity contribution in [2.24, 2.45) is 0 Å². The Labute approximate surface area is 93.2 Å². The van der Waals surface area contributed by atoms with Crippen molar-refractivity contribution in [2.45, 2.75) is 6.54 Å². The van der Waals surface area contributed by atoms with Crippen LogP contribution in [-0.4, -0.2) is 24.2 Å². The fourth-order valence-corrected chi connectivity index (χ4v) is 1.43. The topological polar surface area (TPSA) is 30.5 Å². The first-order valence-corrected chi connectivity index (χ1v) is 5.49. The quantitative estimate of drug-likeness (QED) is 0.769. The average Bonchev–Trinajstić information content (AvgIpc) is 2.31. The summed E-state index contributed by atoms with van der Waals surface area (Å²) in [5, 5.41) is 3.16. The molecule has 0 fully saturated rings. The average molecular weight is 221 g/mol. The lowest BCUT2D eigenvalue weighted by Gasteiger charge is -2.10. The van der Waals surface area contributed by atoms with Crippen LogP contribution >= 0.6 is 0 Å². The van der Waals surface area contributed by atoms with Crippen LogP contribution < -0.4 is 5.32 Å². The highest BCUT2D eigenvalue weighted by molar-refractivity contribution is 6.17.